The van der Waals surface area contributed by atoms with Crippen LogP contribution in [0.15, 0.2) is 42.6 Å². The summed E-state index contributed by atoms with van der Waals surface area (Å²) in [7, 11) is 0. The first-order valence-electron chi connectivity index (χ1n) is 4.43. The summed E-state index contributed by atoms with van der Waals surface area (Å²) in [5.74, 6) is 0. The van der Waals surface area contributed by atoms with Gasteiger partial charge in [-0.25, -0.2) is 0 Å². The maximum absolute atomic E-state index is 4.39. The zero-order valence-electron chi connectivity index (χ0n) is 7.82. The van der Waals surface area contributed by atoms with Crippen LogP contribution in [-0.2, 0) is 18.9 Å². The summed E-state index contributed by atoms with van der Waals surface area (Å²) in [5, 5.41) is 0. The number of benzene rings is 1. The fourth-order valence-corrected chi connectivity index (χ4v) is 2.11. The predicted molar refractivity (Wildman–Crippen MR) is 54.0 cm³/mol. The van der Waals surface area contributed by atoms with Crippen LogP contribution in [0, 0.1) is 6.92 Å². The molecular weight excluding hydrogens is 350 g/mol. The molecule has 2 heteroatoms. The van der Waals surface area contributed by atoms with E-state index in [1.54, 1.807) is 0 Å². The predicted octanol–water partition coefficient (Wildman–Crippen LogP) is 2.23. The number of aromatic nitrogens is 1. The average Bonchev–Trinajstić information content (AvgIpc) is 2.18. The summed E-state index contributed by atoms with van der Waals surface area (Å²) in [4.78, 5) is 4.39. The van der Waals surface area contributed by atoms with Crippen molar-refractivity contribution in [3.8, 4) is 11.3 Å². The zero-order chi connectivity index (χ0) is 9.97. The van der Waals surface area contributed by atoms with Gasteiger partial charge in [0.2, 0.25) is 0 Å². The van der Waals surface area contributed by atoms with Crippen LogP contribution in [0.25, 0.3) is 11.3 Å². The van der Waals surface area contributed by atoms with Gasteiger partial charge in [0.05, 0.1) is 0 Å². The summed E-state index contributed by atoms with van der Waals surface area (Å²) in [6.07, 6.45) is 1.84. The minimum absolute atomic E-state index is 1.08. The van der Waals surface area contributed by atoms with E-state index in [0.29, 0.717) is 0 Å². The van der Waals surface area contributed by atoms with Crippen LogP contribution in [0.5, 0.6) is 0 Å². The molecule has 0 fully saturated rings. The molecule has 70 valence electrons. The Balaban J connectivity index is 2.55. The Kier molecular flexibility index (Phi) is 2.76. The van der Waals surface area contributed by atoms with Gasteiger partial charge in [0.1, 0.15) is 0 Å². The quantitative estimate of drug-likeness (QED) is 0.760. The minimum atomic E-state index is 1.08. The molecule has 0 aliphatic rings. The van der Waals surface area contributed by atoms with Crippen molar-refractivity contribution in [2.75, 3.05) is 0 Å². The Bertz CT molecular complexity index is 452. The molecule has 0 aliphatic heterocycles. The molecular formula is C12H10IrN+2. The second-order valence-electron chi connectivity index (χ2n) is 3.18. The molecule has 0 bridgehead atoms. The van der Waals surface area contributed by atoms with Gasteiger partial charge in [0.25, 0.3) is 0 Å². The van der Waals surface area contributed by atoms with Crippen molar-refractivity contribution in [2.24, 2.45) is 0 Å². The van der Waals surface area contributed by atoms with E-state index in [0.717, 1.165) is 5.69 Å². The van der Waals surface area contributed by atoms with E-state index in [9.17, 15) is 0 Å². The number of nitrogens with zero attached hydrogens (tertiary/aromatic N) is 1. The van der Waals surface area contributed by atoms with Crippen LogP contribution in [0.2, 0.25) is 0 Å². The van der Waals surface area contributed by atoms with Gasteiger partial charge in [-0.15, -0.1) is 0 Å². The van der Waals surface area contributed by atoms with E-state index in [2.05, 4.69) is 61.1 Å². The third kappa shape index (κ3) is 1.92. The van der Waals surface area contributed by atoms with Crippen LogP contribution in [-0.4, -0.2) is 4.98 Å². The number of aryl methyl sites for hydroxylation is 1. The van der Waals surface area contributed by atoms with Gasteiger partial charge in [-0.2, -0.15) is 0 Å². The Morgan fingerprint density at radius 3 is 2.71 bits per heavy atom. The van der Waals surface area contributed by atoms with Crippen LogP contribution in [0.4, 0.5) is 0 Å². The van der Waals surface area contributed by atoms with Gasteiger partial charge in [0.15, 0.2) is 0 Å². The summed E-state index contributed by atoms with van der Waals surface area (Å²) in [6.45, 7) is 2.10. The molecule has 2 aromatic rings. The standard InChI is InChI=1S/C12H10N.Ir/c1-10-5-4-6-11(9-10)12-7-2-3-8-13-12;/h2-6,8-9H,1H3;/q;+2. The second-order valence-corrected chi connectivity index (χ2v) is 4.47. The summed E-state index contributed by atoms with van der Waals surface area (Å²) in [6, 6.07) is 12.5. The Hall–Kier alpha value is -0.981. The number of rotatable bonds is 1. The molecule has 0 atom stereocenters. The van der Waals surface area contributed by atoms with Crippen LogP contribution in [0.3, 0.4) is 0 Å². The molecule has 1 aromatic heterocycles. The van der Waals surface area contributed by atoms with E-state index in [1.807, 2.05) is 12.3 Å². The van der Waals surface area contributed by atoms with Crippen molar-refractivity contribution in [3.63, 3.8) is 0 Å². The van der Waals surface area contributed by atoms with E-state index >= 15 is 0 Å². The van der Waals surface area contributed by atoms with Crippen molar-refractivity contribution in [3.05, 3.63) is 48.2 Å². The van der Waals surface area contributed by atoms with E-state index in [-0.39, 0.29) is 0 Å². The molecule has 0 radical (unpaired) electrons. The molecule has 1 nitrogen and oxygen atoms in total. The van der Waals surface area contributed by atoms with Crippen LogP contribution < -0.4 is 4.08 Å². The Labute approximate surface area is 94.4 Å². The van der Waals surface area contributed by atoms with Gasteiger partial charge in [-0.1, -0.05) is 0 Å². The maximum atomic E-state index is 4.39. The average molecular weight is 360 g/mol. The van der Waals surface area contributed by atoms with Crippen LogP contribution in [0.1, 0.15) is 5.56 Å². The van der Waals surface area contributed by atoms with Crippen molar-refractivity contribution in [1.82, 2.24) is 4.98 Å². The van der Waals surface area contributed by atoms with Gasteiger partial charge < -0.3 is 0 Å². The SMILES string of the molecule is Cc1cccc(-c2nccc[c]2[Ir+2])c1. The van der Waals surface area contributed by atoms with Crippen LogP contribution >= 0.6 is 0 Å². The molecule has 0 N–H and O–H groups in total. The molecule has 0 saturated heterocycles. The second kappa shape index (κ2) is 4.03. The first-order chi connectivity index (χ1) is 6.77. The van der Waals surface area contributed by atoms with E-state index < -0.39 is 0 Å². The normalized spacial score (nSPS) is 10.1. The summed E-state index contributed by atoms with van der Waals surface area (Å²) in [5.41, 5.74) is 3.55. The number of hydrogen-bond acceptors (Lipinski definition) is 1. The molecule has 0 saturated carbocycles. The number of hydrogen-bond donors (Lipinski definition) is 0. The van der Waals surface area contributed by atoms with Gasteiger partial charge >= 0.3 is 94.3 Å². The van der Waals surface area contributed by atoms with Crippen molar-refractivity contribution >= 4 is 4.08 Å². The Morgan fingerprint density at radius 2 is 2.00 bits per heavy atom. The molecule has 0 aliphatic carbocycles. The van der Waals surface area contributed by atoms with Crippen molar-refractivity contribution in [2.45, 2.75) is 6.92 Å². The van der Waals surface area contributed by atoms with Crippen molar-refractivity contribution in [1.29, 1.82) is 0 Å². The van der Waals surface area contributed by atoms with E-state index in [1.165, 1.54) is 15.2 Å². The number of pyridine rings is 1. The zero-order valence-corrected chi connectivity index (χ0v) is 10.2. The summed E-state index contributed by atoms with van der Waals surface area (Å²) >= 11 is 2.09. The molecule has 0 spiro atoms. The van der Waals surface area contributed by atoms with Crippen molar-refractivity contribution < 1.29 is 18.9 Å². The molecule has 1 aromatic carbocycles. The monoisotopic (exact) mass is 361 g/mol. The third-order valence-electron chi connectivity index (χ3n) is 2.03. The Morgan fingerprint density at radius 1 is 1.14 bits per heavy atom. The van der Waals surface area contributed by atoms with Gasteiger partial charge in [0, 0.05) is 0 Å². The fourth-order valence-electron chi connectivity index (χ4n) is 1.38. The molecule has 2 rings (SSSR count). The topological polar surface area (TPSA) is 12.9 Å². The van der Waals surface area contributed by atoms with E-state index in [4.69, 9.17) is 0 Å². The molecule has 14 heavy (non-hydrogen) atoms. The fraction of sp³-hybridized carbons (Fsp3) is 0.0833. The first-order valence-corrected chi connectivity index (χ1v) is 5.62. The van der Waals surface area contributed by atoms with Gasteiger partial charge in [-0.05, 0) is 0 Å². The third-order valence-corrected chi connectivity index (χ3v) is 3.00. The first kappa shape index (κ1) is 9.57. The molecule has 1 heterocycles. The summed E-state index contributed by atoms with van der Waals surface area (Å²) < 4.78 is 1.22. The molecule has 0 amide bonds. The van der Waals surface area contributed by atoms with Gasteiger partial charge in [-0.3, -0.25) is 0 Å². The molecule has 0 unspecified atom stereocenters.